The summed E-state index contributed by atoms with van der Waals surface area (Å²) in [6.07, 6.45) is -0.771. The summed E-state index contributed by atoms with van der Waals surface area (Å²) in [7, 11) is -3.67. The van der Waals surface area contributed by atoms with Gasteiger partial charge < -0.3 is 4.90 Å². The van der Waals surface area contributed by atoms with Crippen molar-refractivity contribution < 1.29 is 40.4 Å². The van der Waals surface area contributed by atoms with Crippen molar-refractivity contribution in [2.45, 2.75) is 43.7 Å². The van der Waals surface area contributed by atoms with Crippen LogP contribution in [0.15, 0.2) is 0 Å². The number of fused-ring (bicyclic) bond motifs is 2. The van der Waals surface area contributed by atoms with Crippen LogP contribution in [0.2, 0.25) is 0 Å². The summed E-state index contributed by atoms with van der Waals surface area (Å²) >= 11 is 0. The maximum absolute atomic E-state index is 12.9. The number of carbonyl (C=O) groups excluding carboxylic acids is 3. The van der Waals surface area contributed by atoms with Gasteiger partial charge >= 0.3 is 16.4 Å². The van der Waals surface area contributed by atoms with E-state index in [9.17, 15) is 31.6 Å². The molecule has 0 aromatic carbocycles. The van der Waals surface area contributed by atoms with E-state index in [1.807, 2.05) is 0 Å². The predicted octanol–water partition coefficient (Wildman–Crippen LogP) is -0.476. The van der Waals surface area contributed by atoms with Gasteiger partial charge in [0.25, 0.3) is 5.91 Å². The molecule has 14 heteroatoms. The highest BCUT2D eigenvalue weighted by atomic mass is 32.3. The van der Waals surface area contributed by atoms with Crippen LogP contribution >= 0.6 is 0 Å². The lowest BCUT2D eigenvalue weighted by molar-refractivity contribution is -0.163. The maximum atomic E-state index is 12.9. The first kappa shape index (κ1) is 19.7. The van der Waals surface area contributed by atoms with Crippen LogP contribution in [0.3, 0.4) is 0 Å². The Balaban J connectivity index is 1.60. The van der Waals surface area contributed by atoms with Crippen LogP contribution in [-0.4, -0.2) is 77.4 Å². The molecule has 2 saturated heterocycles. The molecule has 0 radical (unpaired) electrons. The van der Waals surface area contributed by atoms with Crippen LogP contribution in [0.25, 0.3) is 0 Å². The lowest BCUT2D eigenvalue weighted by Crippen LogP contribution is -2.56. The number of hydrazine groups is 1. The van der Waals surface area contributed by atoms with Crippen molar-refractivity contribution in [1.82, 2.24) is 20.4 Å². The van der Waals surface area contributed by atoms with E-state index in [1.165, 1.54) is 7.05 Å². The number of urea groups is 1. The second kappa shape index (κ2) is 6.53. The summed E-state index contributed by atoms with van der Waals surface area (Å²) in [6, 6.07) is -2.57. The Kier molecular flexibility index (Phi) is 4.76. The molecule has 11 nitrogen and oxygen atoms in total. The van der Waals surface area contributed by atoms with Gasteiger partial charge in [-0.3, -0.25) is 24.6 Å². The largest absolute Gasteiger partial charge is 0.418 e. The minimum Gasteiger partial charge on any atom is -0.309 e. The number of hydrogen-bond acceptors (Lipinski definition) is 6. The first-order valence-electron chi connectivity index (χ1n) is 8.11. The van der Waals surface area contributed by atoms with Crippen molar-refractivity contribution in [3.05, 3.63) is 0 Å². The maximum Gasteiger partial charge on any atom is 0.418 e. The van der Waals surface area contributed by atoms with Gasteiger partial charge in [0.15, 0.2) is 0 Å². The van der Waals surface area contributed by atoms with E-state index in [2.05, 4.69) is 9.71 Å². The molecule has 3 aliphatic rings. The van der Waals surface area contributed by atoms with E-state index >= 15 is 0 Å². The summed E-state index contributed by atoms with van der Waals surface area (Å²) in [5.41, 5.74) is 2.27. The Labute approximate surface area is 153 Å². The topological polar surface area (TPSA) is 137 Å². The van der Waals surface area contributed by atoms with Gasteiger partial charge in [0.05, 0.1) is 12.0 Å². The zero-order valence-corrected chi connectivity index (χ0v) is 15.0. The number of amides is 4. The smallest absolute Gasteiger partial charge is 0.309 e. The fourth-order valence-corrected chi connectivity index (χ4v) is 3.90. The molecule has 4 amide bonds. The Bertz CT molecular complexity index is 769. The lowest BCUT2D eigenvalue weighted by atomic mass is 9.80. The number of alkyl halides is 2. The molecule has 27 heavy (non-hydrogen) atoms. The molecule has 0 aromatic rings. The summed E-state index contributed by atoms with van der Waals surface area (Å²) < 4.78 is 60.5. The van der Waals surface area contributed by atoms with Gasteiger partial charge in [-0.25, -0.2) is 13.6 Å². The molecule has 1 unspecified atom stereocenters. The number of carbonyl (C=O) groups is 3. The molecular weight excluding hydrogens is 394 g/mol. The quantitative estimate of drug-likeness (QED) is 0.470. The van der Waals surface area contributed by atoms with Gasteiger partial charge in [-0.15, -0.1) is 4.28 Å². The van der Waals surface area contributed by atoms with Gasteiger partial charge in [0, 0.05) is 26.4 Å². The van der Waals surface area contributed by atoms with Crippen molar-refractivity contribution in [3.8, 4) is 0 Å². The lowest BCUT2D eigenvalue weighted by Gasteiger charge is -2.37. The summed E-state index contributed by atoms with van der Waals surface area (Å²) in [5.74, 6) is -5.13. The van der Waals surface area contributed by atoms with Gasteiger partial charge in [0.2, 0.25) is 11.8 Å². The number of hydrogen-bond donors (Lipinski definition) is 2. The van der Waals surface area contributed by atoms with E-state index in [4.69, 9.17) is 4.55 Å². The standard InChI is InChI=1S/C13H18F2N4O7S/c1-17(11(21)7-4-13(14,15)5-7)16-10(20)9-3-2-8-6-18(9)12(22)19(8)26-27(23,24)25/h7-9H,2-6H2,1H3,(H,16,20)(H,23,24,25)/t8?,9-/m0/s1. The van der Waals surface area contributed by atoms with Gasteiger partial charge in [-0.05, 0) is 12.8 Å². The van der Waals surface area contributed by atoms with Crippen LogP contribution in [0, 0.1) is 5.92 Å². The Hall–Kier alpha value is -2.06. The van der Waals surface area contributed by atoms with Crippen LogP contribution in [0.1, 0.15) is 25.7 Å². The minimum absolute atomic E-state index is 0.00104. The molecule has 2 aliphatic heterocycles. The first-order chi connectivity index (χ1) is 12.4. The molecular formula is C13H18F2N4O7S. The third-order valence-electron chi connectivity index (χ3n) is 4.85. The zero-order chi connectivity index (χ0) is 20.1. The molecule has 152 valence electrons. The number of piperidine rings is 1. The SMILES string of the molecule is CN(NC(=O)[C@@H]1CCC2CN1C(=O)N2OS(=O)(=O)O)C(=O)C1CC(F)(F)C1. The molecule has 2 N–H and O–H groups in total. The number of nitrogens with one attached hydrogen (secondary N) is 1. The van der Waals surface area contributed by atoms with E-state index in [1.54, 1.807) is 0 Å². The molecule has 3 fully saturated rings. The van der Waals surface area contributed by atoms with E-state index < -0.39 is 65.0 Å². The molecule has 0 aromatic heterocycles. The Morgan fingerprint density at radius 3 is 2.52 bits per heavy atom. The fraction of sp³-hybridized carbons (Fsp3) is 0.769. The van der Waals surface area contributed by atoms with E-state index in [-0.39, 0.29) is 19.4 Å². The highest BCUT2D eigenvalue weighted by Gasteiger charge is 2.51. The Morgan fingerprint density at radius 2 is 1.96 bits per heavy atom. The third kappa shape index (κ3) is 3.96. The monoisotopic (exact) mass is 412 g/mol. The minimum atomic E-state index is -4.90. The highest BCUT2D eigenvalue weighted by Crippen LogP contribution is 2.43. The second-order valence-corrected chi connectivity index (χ2v) is 7.85. The predicted molar refractivity (Wildman–Crippen MR) is 82.0 cm³/mol. The highest BCUT2D eigenvalue weighted by molar-refractivity contribution is 7.80. The molecule has 1 saturated carbocycles. The normalized spacial score (nSPS) is 27.3. The number of hydroxylamine groups is 2. The second-order valence-electron chi connectivity index (χ2n) is 6.84. The van der Waals surface area contributed by atoms with Crippen LogP contribution in [-0.2, 0) is 24.3 Å². The summed E-state index contributed by atoms with van der Waals surface area (Å²) in [6.45, 7) is -0.00104. The average molecular weight is 412 g/mol. The molecule has 0 spiro atoms. The molecule has 1 aliphatic carbocycles. The van der Waals surface area contributed by atoms with Crippen LogP contribution in [0.5, 0.6) is 0 Å². The number of nitrogens with zero attached hydrogens (tertiary/aromatic N) is 3. The van der Waals surface area contributed by atoms with Gasteiger partial charge in [0.1, 0.15) is 6.04 Å². The molecule has 2 atom stereocenters. The molecule has 2 heterocycles. The third-order valence-corrected chi connectivity index (χ3v) is 5.20. The van der Waals surface area contributed by atoms with Crippen molar-refractivity contribution in [2.24, 2.45) is 5.92 Å². The molecule has 3 rings (SSSR count). The first-order valence-corrected chi connectivity index (χ1v) is 9.47. The van der Waals surface area contributed by atoms with Crippen molar-refractivity contribution in [2.75, 3.05) is 13.6 Å². The van der Waals surface area contributed by atoms with Crippen molar-refractivity contribution >= 4 is 28.2 Å². The summed E-state index contributed by atoms with van der Waals surface area (Å²) in [5, 5.41) is 1.31. The van der Waals surface area contributed by atoms with Crippen LogP contribution in [0.4, 0.5) is 13.6 Å². The van der Waals surface area contributed by atoms with Crippen molar-refractivity contribution in [1.29, 1.82) is 0 Å². The zero-order valence-electron chi connectivity index (χ0n) is 14.2. The van der Waals surface area contributed by atoms with Crippen LogP contribution < -0.4 is 5.43 Å². The average Bonchev–Trinajstić information content (AvgIpc) is 2.75. The number of halogens is 2. The molecule has 2 bridgehead atoms. The van der Waals surface area contributed by atoms with Crippen molar-refractivity contribution in [3.63, 3.8) is 0 Å². The number of rotatable bonds is 4. The van der Waals surface area contributed by atoms with Gasteiger partial charge in [-0.1, -0.05) is 0 Å². The van der Waals surface area contributed by atoms with Gasteiger partial charge in [-0.2, -0.15) is 13.5 Å². The Morgan fingerprint density at radius 1 is 1.33 bits per heavy atom. The summed E-state index contributed by atoms with van der Waals surface area (Å²) in [4.78, 5) is 37.8. The van der Waals surface area contributed by atoms with E-state index in [0.29, 0.717) is 5.06 Å². The fourth-order valence-electron chi connectivity index (χ4n) is 3.51. The van der Waals surface area contributed by atoms with E-state index in [0.717, 1.165) is 9.91 Å².